The van der Waals surface area contributed by atoms with Gasteiger partial charge in [0.2, 0.25) is 11.8 Å². The lowest BCUT2D eigenvalue weighted by atomic mass is 9.90. The van der Waals surface area contributed by atoms with Crippen molar-refractivity contribution in [1.29, 1.82) is 0 Å². The quantitative estimate of drug-likeness (QED) is 0.657. The molecular weight excluding hydrogens is 266 g/mol. The molecular formula is C13H26ClN3O2. The Morgan fingerprint density at radius 2 is 1.84 bits per heavy atom. The van der Waals surface area contributed by atoms with Crippen LogP contribution in [0.1, 0.15) is 40.0 Å². The van der Waals surface area contributed by atoms with Crippen LogP contribution in [0, 0.1) is 5.92 Å². The molecule has 3 N–H and O–H groups in total. The van der Waals surface area contributed by atoms with E-state index in [-0.39, 0.29) is 30.1 Å². The highest BCUT2D eigenvalue weighted by Gasteiger charge is 2.33. The summed E-state index contributed by atoms with van der Waals surface area (Å²) in [5.74, 6) is 0.0329. The SMILES string of the molecule is CC(C)C(=O)NCCNC(=O)C1(C)CCCCN1.Cl. The molecule has 1 atom stereocenters. The van der Waals surface area contributed by atoms with E-state index in [1.165, 1.54) is 0 Å². The molecule has 0 aromatic heterocycles. The van der Waals surface area contributed by atoms with Gasteiger partial charge in [0, 0.05) is 19.0 Å². The van der Waals surface area contributed by atoms with E-state index in [0.717, 1.165) is 25.8 Å². The van der Waals surface area contributed by atoms with Crippen LogP contribution in [0.25, 0.3) is 0 Å². The van der Waals surface area contributed by atoms with E-state index < -0.39 is 5.54 Å². The molecule has 1 aliphatic heterocycles. The summed E-state index contributed by atoms with van der Waals surface area (Å²) < 4.78 is 0. The molecule has 1 aliphatic rings. The van der Waals surface area contributed by atoms with Crippen LogP contribution in [0.5, 0.6) is 0 Å². The zero-order valence-corrected chi connectivity index (χ0v) is 12.9. The smallest absolute Gasteiger partial charge is 0.240 e. The average Bonchev–Trinajstić information content (AvgIpc) is 2.34. The molecule has 0 radical (unpaired) electrons. The third kappa shape index (κ3) is 5.78. The highest BCUT2D eigenvalue weighted by molar-refractivity contribution is 5.86. The van der Waals surface area contributed by atoms with Crippen LogP contribution in [-0.4, -0.2) is 37.0 Å². The fourth-order valence-corrected chi connectivity index (χ4v) is 2.01. The number of halogens is 1. The van der Waals surface area contributed by atoms with E-state index >= 15 is 0 Å². The van der Waals surface area contributed by atoms with Gasteiger partial charge in [0.05, 0.1) is 5.54 Å². The number of carbonyl (C=O) groups excluding carboxylic acids is 2. The number of amides is 2. The molecule has 0 aromatic carbocycles. The maximum atomic E-state index is 12.0. The third-order valence-electron chi connectivity index (χ3n) is 3.35. The second-order valence-electron chi connectivity index (χ2n) is 5.42. The van der Waals surface area contributed by atoms with Crippen LogP contribution in [0.3, 0.4) is 0 Å². The van der Waals surface area contributed by atoms with Crippen molar-refractivity contribution in [3.63, 3.8) is 0 Å². The van der Waals surface area contributed by atoms with E-state index in [0.29, 0.717) is 13.1 Å². The molecule has 1 saturated heterocycles. The van der Waals surface area contributed by atoms with Crippen LogP contribution in [-0.2, 0) is 9.59 Å². The maximum Gasteiger partial charge on any atom is 0.240 e. The lowest BCUT2D eigenvalue weighted by Gasteiger charge is -2.33. The van der Waals surface area contributed by atoms with Gasteiger partial charge in [-0.3, -0.25) is 9.59 Å². The molecule has 6 heteroatoms. The molecule has 112 valence electrons. The largest absolute Gasteiger partial charge is 0.354 e. The Kier molecular flexibility index (Phi) is 8.02. The van der Waals surface area contributed by atoms with E-state index in [1.54, 1.807) is 0 Å². The summed E-state index contributed by atoms with van der Waals surface area (Å²) >= 11 is 0. The second kappa shape index (κ2) is 8.38. The Labute approximate surface area is 121 Å². The second-order valence-corrected chi connectivity index (χ2v) is 5.42. The van der Waals surface area contributed by atoms with Crippen molar-refractivity contribution in [1.82, 2.24) is 16.0 Å². The number of rotatable bonds is 5. The lowest BCUT2D eigenvalue weighted by molar-refractivity contribution is -0.128. The molecule has 0 bridgehead atoms. The molecule has 1 unspecified atom stereocenters. The summed E-state index contributed by atoms with van der Waals surface area (Å²) in [6.07, 6.45) is 3.09. The molecule has 0 spiro atoms. The van der Waals surface area contributed by atoms with Crippen LogP contribution < -0.4 is 16.0 Å². The number of hydrogen-bond acceptors (Lipinski definition) is 3. The predicted molar refractivity (Wildman–Crippen MR) is 78.4 cm³/mol. The van der Waals surface area contributed by atoms with E-state index in [4.69, 9.17) is 0 Å². The summed E-state index contributed by atoms with van der Waals surface area (Å²) in [7, 11) is 0. The molecule has 0 aromatic rings. The zero-order chi connectivity index (χ0) is 13.6. The molecule has 0 aliphatic carbocycles. The number of carbonyl (C=O) groups is 2. The topological polar surface area (TPSA) is 70.2 Å². The molecule has 5 nitrogen and oxygen atoms in total. The van der Waals surface area contributed by atoms with Gasteiger partial charge in [0.15, 0.2) is 0 Å². The fraction of sp³-hybridized carbons (Fsp3) is 0.846. The number of hydrogen-bond donors (Lipinski definition) is 3. The summed E-state index contributed by atoms with van der Waals surface area (Å²) in [5, 5.41) is 8.91. The van der Waals surface area contributed by atoms with Crippen molar-refractivity contribution in [2.75, 3.05) is 19.6 Å². The Bertz CT molecular complexity index is 302. The molecule has 1 fully saturated rings. The van der Waals surface area contributed by atoms with Crippen LogP contribution in [0.15, 0.2) is 0 Å². The molecule has 1 heterocycles. The summed E-state index contributed by atoms with van der Waals surface area (Å²) in [6.45, 7) is 7.50. The standard InChI is InChI=1S/C13H25N3O2.ClH/c1-10(2)11(17)14-8-9-15-12(18)13(3)6-4-5-7-16-13;/h10,16H,4-9H2,1-3H3,(H,14,17)(H,15,18);1H. The first-order valence-electron chi connectivity index (χ1n) is 6.77. The Morgan fingerprint density at radius 3 is 2.37 bits per heavy atom. The van der Waals surface area contributed by atoms with Crippen molar-refractivity contribution < 1.29 is 9.59 Å². The Morgan fingerprint density at radius 1 is 1.21 bits per heavy atom. The lowest BCUT2D eigenvalue weighted by Crippen LogP contribution is -2.57. The van der Waals surface area contributed by atoms with Crippen molar-refractivity contribution in [3.8, 4) is 0 Å². The first-order chi connectivity index (χ1) is 8.46. The number of piperidine rings is 1. The average molecular weight is 292 g/mol. The van der Waals surface area contributed by atoms with E-state index in [9.17, 15) is 9.59 Å². The molecule has 0 saturated carbocycles. The minimum atomic E-state index is -0.444. The van der Waals surface area contributed by atoms with Gasteiger partial charge in [-0.15, -0.1) is 12.4 Å². The van der Waals surface area contributed by atoms with Crippen LogP contribution >= 0.6 is 12.4 Å². The minimum Gasteiger partial charge on any atom is -0.354 e. The molecule has 2 amide bonds. The van der Waals surface area contributed by atoms with E-state index in [1.807, 2.05) is 20.8 Å². The van der Waals surface area contributed by atoms with Gasteiger partial charge in [-0.1, -0.05) is 13.8 Å². The van der Waals surface area contributed by atoms with Gasteiger partial charge < -0.3 is 16.0 Å². The highest BCUT2D eigenvalue weighted by atomic mass is 35.5. The van der Waals surface area contributed by atoms with Gasteiger partial charge in [-0.05, 0) is 32.7 Å². The van der Waals surface area contributed by atoms with Crippen molar-refractivity contribution in [2.45, 2.75) is 45.6 Å². The zero-order valence-electron chi connectivity index (χ0n) is 12.0. The minimum absolute atomic E-state index is 0. The molecule has 19 heavy (non-hydrogen) atoms. The number of nitrogens with one attached hydrogen (secondary N) is 3. The van der Waals surface area contributed by atoms with Gasteiger partial charge in [-0.2, -0.15) is 0 Å². The summed E-state index contributed by atoms with van der Waals surface area (Å²) in [4.78, 5) is 23.3. The Hall–Kier alpha value is -0.810. The predicted octanol–water partition coefficient (Wildman–Crippen LogP) is 0.829. The third-order valence-corrected chi connectivity index (χ3v) is 3.35. The summed E-state index contributed by atoms with van der Waals surface area (Å²) in [6, 6.07) is 0. The van der Waals surface area contributed by atoms with Gasteiger partial charge in [-0.25, -0.2) is 0 Å². The van der Waals surface area contributed by atoms with Gasteiger partial charge in [0.1, 0.15) is 0 Å². The maximum absolute atomic E-state index is 12.0. The van der Waals surface area contributed by atoms with Crippen molar-refractivity contribution in [3.05, 3.63) is 0 Å². The van der Waals surface area contributed by atoms with E-state index in [2.05, 4.69) is 16.0 Å². The Balaban J connectivity index is 0.00000324. The van der Waals surface area contributed by atoms with Crippen LogP contribution in [0.4, 0.5) is 0 Å². The molecule has 1 rings (SSSR count). The highest BCUT2D eigenvalue weighted by Crippen LogP contribution is 2.18. The van der Waals surface area contributed by atoms with Crippen molar-refractivity contribution in [2.24, 2.45) is 5.92 Å². The van der Waals surface area contributed by atoms with Crippen LogP contribution in [0.2, 0.25) is 0 Å². The first-order valence-corrected chi connectivity index (χ1v) is 6.77. The van der Waals surface area contributed by atoms with Crippen molar-refractivity contribution >= 4 is 24.2 Å². The fourth-order valence-electron chi connectivity index (χ4n) is 2.01. The first kappa shape index (κ1) is 18.2. The van der Waals surface area contributed by atoms with Gasteiger partial charge in [0.25, 0.3) is 0 Å². The normalized spacial score (nSPS) is 22.5. The summed E-state index contributed by atoms with van der Waals surface area (Å²) in [5.41, 5.74) is -0.444. The van der Waals surface area contributed by atoms with Gasteiger partial charge >= 0.3 is 0 Å². The monoisotopic (exact) mass is 291 g/mol.